The Hall–Kier alpha value is -2.38. The zero-order chi connectivity index (χ0) is 24.3. The van der Waals surface area contributed by atoms with Crippen molar-refractivity contribution >= 4 is 37.3 Å². The molecule has 1 heterocycles. The molecule has 1 aromatic carbocycles. The van der Waals surface area contributed by atoms with Gasteiger partial charge in [0.25, 0.3) is 0 Å². The molecular formula is C25H38N2O4Si. The van der Waals surface area contributed by atoms with Gasteiger partial charge in [0.1, 0.15) is 6.61 Å². The summed E-state index contributed by atoms with van der Waals surface area (Å²) in [6.45, 7) is 18.0. The minimum absolute atomic E-state index is 0.0219. The maximum Gasteiger partial charge on any atom is 0.411 e. The van der Waals surface area contributed by atoms with Crippen molar-refractivity contribution in [1.29, 1.82) is 0 Å². The fourth-order valence-electron chi connectivity index (χ4n) is 2.95. The Morgan fingerprint density at radius 2 is 1.78 bits per heavy atom. The molecule has 0 aliphatic carbocycles. The number of amides is 1. The summed E-state index contributed by atoms with van der Waals surface area (Å²) < 4.78 is 13.6. The van der Waals surface area contributed by atoms with Crippen molar-refractivity contribution in [3.63, 3.8) is 0 Å². The lowest BCUT2D eigenvalue weighted by Crippen LogP contribution is -2.40. The third-order valence-corrected chi connectivity index (χ3v) is 10.5. The van der Waals surface area contributed by atoms with E-state index in [1.54, 1.807) is 12.1 Å². The third kappa shape index (κ3) is 6.56. The van der Waals surface area contributed by atoms with Gasteiger partial charge in [0, 0.05) is 23.7 Å². The van der Waals surface area contributed by atoms with Gasteiger partial charge in [0.15, 0.2) is 14.6 Å². The van der Waals surface area contributed by atoms with E-state index in [1.807, 2.05) is 29.8 Å². The van der Waals surface area contributed by atoms with E-state index in [0.717, 1.165) is 22.9 Å². The molecule has 0 fully saturated rings. The van der Waals surface area contributed by atoms with Gasteiger partial charge in [-0.05, 0) is 41.7 Å². The van der Waals surface area contributed by atoms with Gasteiger partial charge < -0.3 is 13.7 Å². The Labute approximate surface area is 193 Å². The number of hydrogen-bond acceptors (Lipinski definition) is 4. The largest absolute Gasteiger partial charge is 0.445 e. The number of anilines is 1. The Balaban J connectivity index is 2.20. The van der Waals surface area contributed by atoms with Crippen LogP contribution in [0.2, 0.25) is 18.1 Å². The first-order valence-corrected chi connectivity index (χ1v) is 13.9. The highest BCUT2D eigenvalue weighted by Gasteiger charge is 2.37. The molecular weight excluding hydrogens is 420 g/mol. The van der Waals surface area contributed by atoms with Gasteiger partial charge in [-0.2, -0.15) is 0 Å². The molecule has 0 atom stereocenters. The molecule has 0 unspecified atom stereocenters. The van der Waals surface area contributed by atoms with E-state index in [0.29, 0.717) is 17.9 Å². The lowest BCUT2D eigenvalue weighted by atomic mass is 9.96. The second kappa shape index (κ2) is 9.63. The quantitative estimate of drug-likeness (QED) is 0.286. The topological polar surface area (TPSA) is 69.6 Å². The van der Waals surface area contributed by atoms with Crippen LogP contribution < -0.4 is 5.32 Å². The molecule has 0 saturated heterocycles. The van der Waals surface area contributed by atoms with Crippen LogP contribution in [-0.2, 0) is 22.8 Å². The van der Waals surface area contributed by atoms with Gasteiger partial charge in [-0.25, -0.2) is 4.79 Å². The number of aromatic nitrogens is 1. The van der Waals surface area contributed by atoms with Gasteiger partial charge in [-0.1, -0.05) is 53.7 Å². The summed E-state index contributed by atoms with van der Waals surface area (Å²) >= 11 is 0. The number of ether oxygens (including phenoxy) is 1. The molecule has 0 bridgehead atoms. The highest BCUT2D eigenvalue weighted by molar-refractivity contribution is 6.74. The summed E-state index contributed by atoms with van der Waals surface area (Å²) in [5.74, 6) is 0. The highest BCUT2D eigenvalue weighted by Crippen LogP contribution is 2.37. The number of nitrogens with one attached hydrogen (secondary N) is 1. The van der Waals surface area contributed by atoms with E-state index in [1.165, 1.54) is 0 Å². The second-order valence-electron chi connectivity index (χ2n) is 10.9. The smallest absolute Gasteiger partial charge is 0.411 e. The standard InChI is InChI=1S/C25H38N2O4Si/c1-24(2,3)11-10-12-30-23(29)26-21-15-22-18(13-19(21)16-28)14-20(27(22)7)17-31-32(8,9)25(4,5)6/h10-11,13-16H,12,17H2,1-9H3,(H,26,29). The highest BCUT2D eigenvalue weighted by atomic mass is 28.4. The van der Waals surface area contributed by atoms with E-state index in [4.69, 9.17) is 9.16 Å². The number of benzene rings is 1. The minimum atomic E-state index is -1.89. The number of rotatable bonds is 7. The van der Waals surface area contributed by atoms with Crippen LogP contribution in [0.1, 0.15) is 57.6 Å². The molecule has 2 aromatic rings. The first kappa shape index (κ1) is 25.9. The second-order valence-corrected chi connectivity index (χ2v) is 15.7. The van der Waals surface area contributed by atoms with Crippen molar-refractivity contribution in [3.05, 3.63) is 41.6 Å². The number of carbonyl (C=O) groups is 2. The van der Waals surface area contributed by atoms with Crippen molar-refractivity contribution in [2.75, 3.05) is 11.9 Å². The van der Waals surface area contributed by atoms with E-state index in [2.05, 4.69) is 60.0 Å². The van der Waals surface area contributed by atoms with Gasteiger partial charge in [-0.15, -0.1) is 0 Å². The average molecular weight is 459 g/mol. The number of carbonyl (C=O) groups excluding carboxylic acids is 2. The van der Waals surface area contributed by atoms with Gasteiger partial charge in [0.05, 0.1) is 17.8 Å². The van der Waals surface area contributed by atoms with E-state index >= 15 is 0 Å². The van der Waals surface area contributed by atoms with E-state index < -0.39 is 14.4 Å². The number of hydrogen-bond donors (Lipinski definition) is 1. The molecule has 7 heteroatoms. The third-order valence-electron chi connectivity index (χ3n) is 5.99. The van der Waals surface area contributed by atoms with Crippen LogP contribution in [0.25, 0.3) is 10.9 Å². The molecule has 1 N–H and O–H groups in total. The fourth-order valence-corrected chi connectivity index (χ4v) is 3.89. The Morgan fingerprint density at radius 1 is 1.12 bits per heavy atom. The number of allylic oxidation sites excluding steroid dienone is 1. The maximum absolute atomic E-state index is 12.2. The SMILES string of the molecule is Cn1c(CO[Si](C)(C)C(C)(C)C)cc2cc(C=O)c(NC(=O)OCC=CC(C)(C)C)cc21. The fraction of sp³-hybridized carbons (Fsp3) is 0.520. The molecule has 0 aliphatic heterocycles. The summed E-state index contributed by atoms with van der Waals surface area (Å²) in [7, 11) is 0.0782. The molecule has 1 aromatic heterocycles. The molecule has 6 nitrogen and oxygen atoms in total. The van der Waals surface area contributed by atoms with Crippen LogP contribution in [0.15, 0.2) is 30.4 Å². The van der Waals surface area contributed by atoms with Crippen molar-refractivity contribution in [2.45, 2.75) is 66.3 Å². The van der Waals surface area contributed by atoms with Gasteiger partial charge in [0.2, 0.25) is 0 Å². The number of aryl methyl sites for hydroxylation is 1. The average Bonchev–Trinajstić information content (AvgIpc) is 2.96. The summed E-state index contributed by atoms with van der Waals surface area (Å²) in [6.07, 6.45) is 3.95. The van der Waals surface area contributed by atoms with E-state index in [-0.39, 0.29) is 17.1 Å². The molecule has 176 valence electrons. The monoisotopic (exact) mass is 458 g/mol. The minimum Gasteiger partial charge on any atom is -0.445 e. The lowest BCUT2D eigenvalue weighted by molar-refractivity contribution is 0.112. The predicted molar refractivity (Wildman–Crippen MR) is 134 cm³/mol. The number of fused-ring (bicyclic) bond motifs is 1. The van der Waals surface area contributed by atoms with Crippen molar-refractivity contribution in [1.82, 2.24) is 4.57 Å². The Morgan fingerprint density at radius 3 is 2.34 bits per heavy atom. The number of aldehydes is 1. The Kier molecular flexibility index (Phi) is 7.78. The van der Waals surface area contributed by atoms with Crippen LogP contribution in [0.4, 0.5) is 10.5 Å². The van der Waals surface area contributed by atoms with Gasteiger partial charge >= 0.3 is 6.09 Å². The summed E-state index contributed by atoms with van der Waals surface area (Å²) in [6, 6.07) is 5.63. The first-order valence-electron chi connectivity index (χ1n) is 11.0. The van der Waals surface area contributed by atoms with Crippen molar-refractivity contribution in [2.24, 2.45) is 12.5 Å². The summed E-state index contributed by atoms with van der Waals surface area (Å²) in [5.41, 5.74) is 2.78. The molecule has 0 saturated carbocycles. The van der Waals surface area contributed by atoms with E-state index in [9.17, 15) is 9.59 Å². The molecule has 1 amide bonds. The van der Waals surface area contributed by atoms with Gasteiger partial charge in [-0.3, -0.25) is 10.1 Å². The van der Waals surface area contributed by atoms with Crippen molar-refractivity contribution in [3.8, 4) is 0 Å². The van der Waals surface area contributed by atoms with Crippen LogP contribution >= 0.6 is 0 Å². The van der Waals surface area contributed by atoms with Crippen molar-refractivity contribution < 1.29 is 18.8 Å². The Bertz CT molecular complexity index is 1010. The van der Waals surface area contributed by atoms with Crippen LogP contribution in [0, 0.1) is 5.41 Å². The number of nitrogens with zero attached hydrogens (tertiary/aromatic N) is 1. The van der Waals surface area contributed by atoms with Crippen LogP contribution in [-0.4, -0.2) is 31.9 Å². The molecule has 0 aliphatic rings. The zero-order valence-corrected chi connectivity index (χ0v) is 22.0. The first-order chi connectivity index (χ1) is 14.6. The molecule has 2 rings (SSSR count). The molecule has 0 radical (unpaired) electrons. The summed E-state index contributed by atoms with van der Waals surface area (Å²) in [4.78, 5) is 23.9. The molecule has 32 heavy (non-hydrogen) atoms. The van der Waals surface area contributed by atoms with Crippen LogP contribution in [0.3, 0.4) is 0 Å². The predicted octanol–water partition coefficient (Wildman–Crippen LogP) is 6.66. The zero-order valence-electron chi connectivity index (χ0n) is 21.0. The summed E-state index contributed by atoms with van der Waals surface area (Å²) in [5, 5.41) is 3.75. The normalized spacial score (nSPS) is 13.0. The molecule has 0 spiro atoms. The lowest BCUT2D eigenvalue weighted by Gasteiger charge is -2.36. The van der Waals surface area contributed by atoms with Crippen LogP contribution in [0.5, 0.6) is 0 Å². The maximum atomic E-state index is 12.2.